The maximum Gasteiger partial charge on any atom is 0.270 e. The van der Waals surface area contributed by atoms with Crippen LogP contribution in [0.4, 0.5) is 0 Å². The fourth-order valence-corrected chi connectivity index (χ4v) is 5.57. The van der Waals surface area contributed by atoms with E-state index >= 15 is 0 Å². The molecular formula is C26H37ClN4O2. The van der Waals surface area contributed by atoms with Gasteiger partial charge in [0.1, 0.15) is 5.69 Å². The summed E-state index contributed by atoms with van der Waals surface area (Å²) in [4.78, 5) is 33.0. The Bertz CT molecular complexity index is 951. The van der Waals surface area contributed by atoms with Crippen molar-refractivity contribution in [3.05, 3.63) is 35.0 Å². The summed E-state index contributed by atoms with van der Waals surface area (Å²) in [6, 6.07) is 8.18. The van der Waals surface area contributed by atoms with Crippen molar-refractivity contribution in [1.29, 1.82) is 0 Å². The van der Waals surface area contributed by atoms with Crippen LogP contribution in [0, 0.1) is 5.92 Å². The van der Waals surface area contributed by atoms with Crippen molar-refractivity contribution in [3.63, 3.8) is 0 Å². The van der Waals surface area contributed by atoms with Gasteiger partial charge in [0.25, 0.3) is 5.91 Å². The molecule has 0 spiro atoms. The molecule has 0 bridgehead atoms. The van der Waals surface area contributed by atoms with Gasteiger partial charge in [-0.25, -0.2) is 0 Å². The van der Waals surface area contributed by atoms with Crippen LogP contribution < -0.4 is 5.32 Å². The van der Waals surface area contributed by atoms with Crippen LogP contribution in [0.3, 0.4) is 0 Å². The molecule has 0 saturated carbocycles. The highest BCUT2D eigenvalue weighted by Gasteiger charge is 2.26. The molecule has 2 aliphatic heterocycles. The van der Waals surface area contributed by atoms with Gasteiger partial charge in [0.05, 0.1) is 0 Å². The minimum atomic E-state index is 0.0216. The van der Waals surface area contributed by atoms with Crippen LogP contribution in [0.5, 0.6) is 0 Å². The number of nitrogens with one attached hydrogen (secondary N) is 2. The van der Waals surface area contributed by atoms with Crippen LogP contribution in [0.2, 0.25) is 5.02 Å². The van der Waals surface area contributed by atoms with Crippen LogP contribution in [-0.2, 0) is 4.79 Å². The van der Waals surface area contributed by atoms with Gasteiger partial charge >= 0.3 is 0 Å². The van der Waals surface area contributed by atoms with E-state index in [0.29, 0.717) is 36.1 Å². The van der Waals surface area contributed by atoms with E-state index in [4.69, 9.17) is 11.6 Å². The van der Waals surface area contributed by atoms with Gasteiger partial charge in [-0.05, 0) is 75.3 Å². The number of fused-ring (bicyclic) bond motifs is 1. The highest BCUT2D eigenvalue weighted by molar-refractivity contribution is 6.31. The maximum absolute atomic E-state index is 12.9. The summed E-state index contributed by atoms with van der Waals surface area (Å²) in [7, 11) is 0. The highest BCUT2D eigenvalue weighted by atomic mass is 35.5. The predicted octanol–water partition coefficient (Wildman–Crippen LogP) is 4.83. The van der Waals surface area contributed by atoms with E-state index in [9.17, 15) is 9.59 Å². The number of hydrogen-bond acceptors (Lipinski definition) is 3. The molecule has 7 heteroatoms. The Labute approximate surface area is 202 Å². The van der Waals surface area contributed by atoms with Gasteiger partial charge in [0.2, 0.25) is 5.91 Å². The van der Waals surface area contributed by atoms with Crippen molar-refractivity contribution >= 4 is 34.3 Å². The van der Waals surface area contributed by atoms with Gasteiger partial charge in [0.15, 0.2) is 0 Å². The summed E-state index contributed by atoms with van der Waals surface area (Å²) in [6.45, 7) is 6.71. The number of benzene rings is 1. The van der Waals surface area contributed by atoms with Crippen LogP contribution in [0.1, 0.15) is 68.8 Å². The number of halogens is 1. The van der Waals surface area contributed by atoms with E-state index in [1.807, 2.05) is 29.2 Å². The molecule has 1 aromatic heterocycles. The number of nitrogens with zero attached hydrogens (tertiary/aromatic N) is 2. The lowest BCUT2D eigenvalue weighted by atomic mass is 9.93. The van der Waals surface area contributed by atoms with Crippen LogP contribution in [0.25, 0.3) is 10.9 Å². The Hall–Kier alpha value is -2.05. The second kappa shape index (κ2) is 11.4. The van der Waals surface area contributed by atoms with E-state index in [-0.39, 0.29) is 11.8 Å². The molecular weight excluding hydrogens is 436 g/mol. The Balaban J connectivity index is 1.16. The van der Waals surface area contributed by atoms with Gasteiger partial charge in [-0.15, -0.1) is 0 Å². The SMILES string of the molecule is CC[C@H]1CCCCN1CCCNC(=O)CC1CCN(C(=O)c2cc3cc(Cl)ccc3[nH]2)CC1. The summed E-state index contributed by atoms with van der Waals surface area (Å²) >= 11 is 6.06. The number of H-pyrrole nitrogens is 1. The molecule has 0 aliphatic carbocycles. The Morgan fingerprint density at radius 1 is 1.12 bits per heavy atom. The quantitative estimate of drug-likeness (QED) is 0.540. The molecule has 180 valence electrons. The van der Waals surface area contributed by atoms with Gasteiger partial charge in [-0.2, -0.15) is 0 Å². The molecule has 2 fully saturated rings. The number of carbonyl (C=O) groups excluding carboxylic acids is 2. The first kappa shape index (κ1) is 24.1. The molecule has 2 amide bonds. The van der Waals surface area contributed by atoms with Gasteiger partial charge in [0, 0.05) is 54.6 Å². The molecule has 0 radical (unpaired) electrons. The topological polar surface area (TPSA) is 68.4 Å². The number of likely N-dealkylation sites (tertiary alicyclic amines) is 2. The van der Waals surface area contributed by atoms with Crippen molar-refractivity contribution in [3.8, 4) is 0 Å². The number of carbonyl (C=O) groups is 2. The van der Waals surface area contributed by atoms with E-state index in [1.54, 1.807) is 0 Å². The molecule has 2 saturated heterocycles. The molecule has 4 rings (SSSR count). The second-order valence-corrected chi connectivity index (χ2v) is 10.1. The first-order valence-electron chi connectivity index (χ1n) is 12.6. The summed E-state index contributed by atoms with van der Waals surface area (Å²) in [5.41, 5.74) is 1.52. The minimum Gasteiger partial charge on any atom is -0.356 e. The van der Waals surface area contributed by atoms with Crippen LogP contribution in [0.15, 0.2) is 24.3 Å². The normalized spacial score (nSPS) is 20.3. The third-order valence-corrected chi connectivity index (χ3v) is 7.59. The Morgan fingerprint density at radius 2 is 1.94 bits per heavy atom. The van der Waals surface area contributed by atoms with Gasteiger partial charge in [-0.1, -0.05) is 24.9 Å². The number of rotatable bonds is 8. The Morgan fingerprint density at radius 3 is 2.73 bits per heavy atom. The maximum atomic E-state index is 12.9. The van der Waals surface area contributed by atoms with Gasteiger partial charge < -0.3 is 20.1 Å². The monoisotopic (exact) mass is 472 g/mol. The van der Waals surface area contributed by atoms with Crippen molar-refractivity contribution < 1.29 is 9.59 Å². The fourth-order valence-electron chi connectivity index (χ4n) is 5.39. The smallest absolute Gasteiger partial charge is 0.270 e. The van der Waals surface area contributed by atoms with Crippen LogP contribution >= 0.6 is 11.6 Å². The third-order valence-electron chi connectivity index (χ3n) is 7.35. The van der Waals surface area contributed by atoms with E-state index in [1.165, 1.54) is 32.2 Å². The summed E-state index contributed by atoms with van der Waals surface area (Å²) in [6.07, 6.45) is 8.53. The number of aromatic amines is 1. The first-order chi connectivity index (χ1) is 16.0. The summed E-state index contributed by atoms with van der Waals surface area (Å²) in [5, 5.41) is 4.73. The molecule has 33 heavy (non-hydrogen) atoms. The van der Waals surface area contributed by atoms with Crippen LogP contribution in [-0.4, -0.2) is 65.4 Å². The molecule has 3 heterocycles. The highest BCUT2D eigenvalue weighted by Crippen LogP contribution is 2.24. The summed E-state index contributed by atoms with van der Waals surface area (Å²) < 4.78 is 0. The first-order valence-corrected chi connectivity index (χ1v) is 13.0. The average molecular weight is 473 g/mol. The zero-order valence-electron chi connectivity index (χ0n) is 19.7. The number of amides is 2. The molecule has 0 unspecified atom stereocenters. The zero-order chi connectivity index (χ0) is 23.2. The molecule has 1 aromatic carbocycles. The lowest BCUT2D eigenvalue weighted by molar-refractivity contribution is -0.122. The Kier molecular flexibility index (Phi) is 8.31. The second-order valence-electron chi connectivity index (χ2n) is 9.65. The lowest BCUT2D eigenvalue weighted by Gasteiger charge is -2.35. The zero-order valence-corrected chi connectivity index (χ0v) is 20.5. The number of piperidine rings is 2. The van der Waals surface area contributed by atoms with E-state index in [0.717, 1.165) is 49.3 Å². The van der Waals surface area contributed by atoms with Gasteiger partial charge in [-0.3, -0.25) is 9.59 Å². The predicted molar refractivity (Wildman–Crippen MR) is 134 cm³/mol. The number of hydrogen-bond donors (Lipinski definition) is 2. The molecule has 1 atom stereocenters. The minimum absolute atomic E-state index is 0.0216. The van der Waals surface area contributed by atoms with Crippen molar-refractivity contribution in [1.82, 2.24) is 20.1 Å². The molecule has 2 N–H and O–H groups in total. The fraction of sp³-hybridized carbons (Fsp3) is 0.615. The molecule has 2 aromatic rings. The largest absolute Gasteiger partial charge is 0.356 e. The number of aromatic nitrogens is 1. The summed E-state index contributed by atoms with van der Waals surface area (Å²) in [5.74, 6) is 0.522. The lowest BCUT2D eigenvalue weighted by Crippen LogP contribution is -2.41. The average Bonchev–Trinajstić information content (AvgIpc) is 3.25. The van der Waals surface area contributed by atoms with E-state index in [2.05, 4.69) is 22.1 Å². The molecule has 6 nitrogen and oxygen atoms in total. The third kappa shape index (κ3) is 6.30. The standard InChI is InChI=1S/C26H37ClN4O2/c1-2-22-6-3-4-12-30(22)13-5-11-28-25(32)16-19-9-14-31(15-10-19)26(33)24-18-20-17-21(27)7-8-23(20)29-24/h7-8,17-19,22,29H,2-6,9-16H2,1H3,(H,28,32)/t22-/m0/s1. The van der Waals surface area contributed by atoms with Crippen molar-refractivity contribution in [2.45, 2.75) is 64.3 Å². The van der Waals surface area contributed by atoms with E-state index < -0.39 is 0 Å². The molecule has 2 aliphatic rings. The van der Waals surface area contributed by atoms with Crippen molar-refractivity contribution in [2.24, 2.45) is 5.92 Å². The van der Waals surface area contributed by atoms with Crippen molar-refractivity contribution in [2.75, 3.05) is 32.7 Å².